The summed E-state index contributed by atoms with van der Waals surface area (Å²) >= 11 is 5.76. The van der Waals surface area contributed by atoms with E-state index in [1.54, 1.807) is 18.2 Å². The number of benzene rings is 1. The van der Waals surface area contributed by atoms with Crippen molar-refractivity contribution in [3.05, 3.63) is 34.3 Å². The molecule has 1 aromatic rings. The molecule has 0 bridgehead atoms. The lowest BCUT2D eigenvalue weighted by molar-refractivity contribution is 0.100. The highest BCUT2D eigenvalue weighted by molar-refractivity contribution is 6.31. The molecule has 3 heteroatoms. The molecule has 0 fully saturated rings. The van der Waals surface area contributed by atoms with Gasteiger partial charge in [-0.1, -0.05) is 11.6 Å². The molecule has 0 aliphatic carbocycles. The van der Waals surface area contributed by atoms with Crippen LogP contribution in [-0.2, 0) is 0 Å². The van der Waals surface area contributed by atoms with Gasteiger partial charge in [-0.25, -0.2) is 0 Å². The van der Waals surface area contributed by atoms with Crippen molar-refractivity contribution < 1.29 is 4.79 Å². The summed E-state index contributed by atoms with van der Waals surface area (Å²) in [6.07, 6.45) is 0. The van der Waals surface area contributed by atoms with Crippen LogP contribution in [-0.4, -0.2) is 12.3 Å². The fraction of sp³-hybridized carbons (Fsp3) is 0.222. The summed E-state index contributed by atoms with van der Waals surface area (Å²) in [5.74, 6) is -0.0828. The van der Waals surface area contributed by atoms with Crippen LogP contribution in [0.1, 0.15) is 15.9 Å². The summed E-state index contributed by atoms with van der Waals surface area (Å²) in [6.45, 7) is 1.92. The molecular formula is C9H10ClNO. The van der Waals surface area contributed by atoms with E-state index in [4.69, 9.17) is 17.3 Å². The number of carbonyl (C=O) groups is 1. The third-order valence-electron chi connectivity index (χ3n) is 1.55. The van der Waals surface area contributed by atoms with Gasteiger partial charge in [-0.15, -0.1) is 0 Å². The van der Waals surface area contributed by atoms with Crippen molar-refractivity contribution >= 4 is 17.4 Å². The SMILES string of the molecule is Cc1cc(Cl)cc(C(=O)CN)c1. The normalized spacial score (nSPS) is 9.92. The third kappa shape index (κ3) is 2.06. The van der Waals surface area contributed by atoms with Crippen LogP contribution in [0.4, 0.5) is 0 Å². The van der Waals surface area contributed by atoms with Crippen LogP contribution in [0.25, 0.3) is 0 Å². The first-order chi connectivity index (χ1) is 5.63. The molecule has 0 heterocycles. The van der Waals surface area contributed by atoms with Gasteiger partial charge in [0.05, 0.1) is 6.54 Å². The second-order valence-electron chi connectivity index (χ2n) is 2.64. The number of nitrogens with two attached hydrogens (primary N) is 1. The van der Waals surface area contributed by atoms with Crippen LogP contribution in [0.2, 0.25) is 5.02 Å². The first-order valence-electron chi connectivity index (χ1n) is 3.64. The maximum absolute atomic E-state index is 11.1. The van der Waals surface area contributed by atoms with Crippen LogP contribution < -0.4 is 5.73 Å². The van der Waals surface area contributed by atoms with E-state index in [9.17, 15) is 4.79 Å². The number of hydrogen-bond acceptors (Lipinski definition) is 2. The van der Waals surface area contributed by atoms with Gasteiger partial charge < -0.3 is 5.73 Å². The van der Waals surface area contributed by atoms with Crippen LogP contribution in [0.15, 0.2) is 18.2 Å². The minimum Gasteiger partial charge on any atom is -0.324 e. The Morgan fingerprint density at radius 2 is 2.17 bits per heavy atom. The molecule has 0 spiro atoms. The Hall–Kier alpha value is -0.860. The molecule has 64 valence electrons. The van der Waals surface area contributed by atoms with E-state index in [1.807, 2.05) is 6.92 Å². The zero-order chi connectivity index (χ0) is 9.14. The smallest absolute Gasteiger partial charge is 0.176 e. The first kappa shape index (κ1) is 9.23. The van der Waals surface area contributed by atoms with Crippen molar-refractivity contribution in [1.29, 1.82) is 0 Å². The summed E-state index contributed by atoms with van der Waals surface area (Å²) < 4.78 is 0. The number of Topliss-reactive ketones (excluding diaryl/α,β-unsaturated/α-hetero) is 1. The molecule has 2 N–H and O–H groups in total. The van der Waals surface area contributed by atoms with Gasteiger partial charge in [0.2, 0.25) is 0 Å². The lowest BCUT2D eigenvalue weighted by atomic mass is 10.1. The highest BCUT2D eigenvalue weighted by atomic mass is 35.5. The minimum absolute atomic E-state index is 0.0276. The van der Waals surface area contributed by atoms with Gasteiger partial charge in [0.25, 0.3) is 0 Å². The maximum Gasteiger partial charge on any atom is 0.176 e. The Bertz CT molecular complexity index is 289. The van der Waals surface area contributed by atoms with Gasteiger partial charge in [0.1, 0.15) is 0 Å². The van der Waals surface area contributed by atoms with Gasteiger partial charge in [-0.3, -0.25) is 4.79 Å². The Morgan fingerprint density at radius 1 is 1.50 bits per heavy atom. The van der Waals surface area contributed by atoms with E-state index in [0.29, 0.717) is 10.6 Å². The number of rotatable bonds is 2. The van der Waals surface area contributed by atoms with E-state index in [2.05, 4.69) is 0 Å². The largest absolute Gasteiger partial charge is 0.324 e. The number of carbonyl (C=O) groups excluding carboxylic acids is 1. The van der Waals surface area contributed by atoms with E-state index in [-0.39, 0.29) is 12.3 Å². The van der Waals surface area contributed by atoms with E-state index in [0.717, 1.165) is 5.56 Å². The zero-order valence-electron chi connectivity index (χ0n) is 6.80. The molecule has 1 rings (SSSR count). The van der Waals surface area contributed by atoms with E-state index >= 15 is 0 Å². The fourth-order valence-corrected chi connectivity index (χ4v) is 1.30. The zero-order valence-corrected chi connectivity index (χ0v) is 7.56. The molecule has 0 saturated carbocycles. The Kier molecular flexibility index (Phi) is 2.84. The van der Waals surface area contributed by atoms with E-state index in [1.165, 1.54) is 0 Å². The lowest BCUT2D eigenvalue weighted by Crippen LogP contribution is -2.13. The number of ketones is 1. The summed E-state index contributed by atoms with van der Waals surface area (Å²) in [5, 5.41) is 0.576. The summed E-state index contributed by atoms with van der Waals surface area (Å²) in [7, 11) is 0. The Morgan fingerprint density at radius 3 is 2.67 bits per heavy atom. The van der Waals surface area contributed by atoms with Crippen LogP contribution in [0.5, 0.6) is 0 Å². The van der Waals surface area contributed by atoms with Crippen LogP contribution in [0.3, 0.4) is 0 Å². The van der Waals surface area contributed by atoms with Gasteiger partial charge in [-0.05, 0) is 30.7 Å². The molecule has 0 aromatic heterocycles. The second-order valence-corrected chi connectivity index (χ2v) is 3.08. The number of halogens is 1. The molecular weight excluding hydrogens is 174 g/mol. The first-order valence-corrected chi connectivity index (χ1v) is 4.01. The molecule has 2 nitrogen and oxygen atoms in total. The Balaban J connectivity index is 3.08. The average molecular weight is 184 g/mol. The van der Waals surface area contributed by atoms with Crippen LogP contribution in [0, 0.1) is 6.92 Å². The standard InChI is InChI=1S/C9H10ClNO/c1-6-2-7(9(12)5-11)4-8(10)3-6/h2-4H,5,11H2,1H3. The van der Waals surface area contributed by atoms with Crippen molar-refractivity contribution in [1.82, 2.24) is 0 Å². The molecule has 0 aliphatic heterocycles. The predicted octanol–water partition coefficient (Wildman–Crippen LogP) is 1.79. The lowest BCUT2D eigenvalue weighted by Gasteiger charge is -2.00. The molecule has 0 saturated heterocycles. The molecule has 0 unspecified atom stereocenters. The topological polar surface area (TPSA) is 43.1 Å². The third-order valence-corrected chi connectivity index (χ3v) is 1.77. The number of hydrogen-bond donors (Lipinski definition) is 1. The van der Waals surface area contributed by atoms with Crippen molar-refractivity contribution in [2.75, 3.05) is 6.54 Å². The van der Waals surface area contributed by atoms with Gasteiger partial charge in [0, 0.05) is 10.6 Å². The fourth-order valence-electron chi connectivity index (χ4n) is 1.02. The summed E-state index contributed by atoms with van der Waals surface area (Å²) in [6, 6.07) is 5.21. The molecule has 0 aliphatic rings. The summed E-state index contributed by atoms with van der Waals surface area (Å²) in [5.41, 5.74) is 6.77. The van der Waals surface area contributed by atoms with Gasteiger partial charge in [-0.2, -0.15) is 0 Å². The highest BCUT2D eigenvalue weighted by Gasteiger charge is 2.04. The van der Waals surface area contributed by atoms with Crippen molar-refractivity contribution in [2.24, 2.45) is 5.73 Å². The maximum atomic E-state index is 11.1. The molecule has 1 aromatic carbocycles. The quantitative estimate of drug-likeness (QED) is 0.711. The van der Waals surface area contributed by atoms with Crippen molar-refractivity contribution in [2.45, 2.75) is 6.92 Å². The second kappa shape index (κ2) is 3.70. The molecule has 0 atom stereocenters. The average Bonchev–Trinajstić information content (AvgIpc) is 2.01. The highest BCUT2D eigenvalue weighted by Crippen LogP contribution is 2.14. The van der Waals surface area contributed by atoms with Gasteiger partial charge in [0.15, 0.2) is 5.78 Å². The van der Waals surface area contributed by atoms with Crippen molar-refractivity contribution in [3.8, 4) is 0 Å². The molecule has 12 heavy (non-hydrogen) atoms. The Labute approximate surface area is 76.3 Å². The molecule has 0 amide bonds. The molecule has 0 radical (unpaired) electrons. The summed E-state index contributed by atoms with van der Waals surface area (Å²) in [4.78, 5) is 11.1. The predicted molar refractivity (Wildman–Crippen MR) is 49.6 cm³/mol. The van der Waals surface area contributed by atoms with E-state index < -0.39 is 0 Å². The number of aryl methyl sites for hydroxylation is 1. The minimum atomic E-state index is -0.0828. The van der Waals surface area contributed by atoms with Crippen molar-refractivity contribution in [3.63, 3.8) is 0 Å². The van der Waals surface area contributed by atoms with Gasteiger partial charge >= 0.3 is 0 Å². The van der Waals surface area contributed by atoms with Crippen LogP contribution >= 0.6 is 11.6 Å². The monoisotopic (exact) mass is 183 g/mol.